The minimum atomic E-state index is -0.229. The number of nitrogens with one attached hydrogen (secondary N) is 2. The third kappa shape index (κ3) is 3.58. The number of nitrogens with zero attached hydrogens (tertiary/aromatic N) is 6. The Labute approximate surface area is 186 Å². The quantitative estimate of drug-likeness (QED) is 0.517. The molecule has 2 atom stereocenters. The van der Waals surface area contributed by atoms with E-state index in [1.54, 1.807) is 4.68 Å². The third-order valence-electron chi connectivity index (χ3n) is 5.88. The van der Waals surface area contributed by atoms with Crippen LogP contribution in [0.4, 0.5) is 11.5 Å². The van der Waals surface area contributed by atoms with E-state index in [-0.39, 0.29) is 5.91 Å². The van der Waals surface area contributed by atoms with E-state index in [9.17, 15) is 4.79 Å². The summed E-state index contributed by atoms with van der Waals surface area (Å²) in [7, 11) is 1.88. The lowest BCUT2D eigenvalue weighted by atomic mass is 10.1. The molecule has 1 aliphatic rings. The van der Waals surface area contributed by atoms with Crippen molar-refractivity contribution < 1.29 is 4.79 Å². The standard InChI is InChI=1S/C23H28N8O/c1-13-8-30(9-14(2)24-13)19-7-6-17(21-18(19)11-29(5)28-21)23(32)27-20-12-31-10-15(3)25-16(4)22(31)26-20/h6-7,10-14,24H,8-9H2,1-5H3,(H,27,32)/t13-,14-/m0/s1. The number of piperazine rings is 1. The zero-order chi connectivity index (χ0) is 22.6. The molecule has 9 heteroatoms. The fraction of sp³-hybridized carbons (Fsp3) is 0.391. The van der Waals surface area contributed by atoms with Gasteiger partial charge in [0.25, 0.3) is 5.91 Å². The Hall–Kier alpha value is -3.46. The highest BCUT2D eigenvalue weighted by Crippen LogP contribution is 2.30. The number of hydrogen-bond acceptors (Lipinski definition) is 6. The average Bonchev–Trinajstić information content (AvgIpc) is 3.28. The van der Waals surface area contributed by atoms with Crippen LogP contribution >= 0.6 is 0 Å². The van der Waals surface area contributed by atoms with Gasteiger partial charge in [-0.25, -0.2) is 4.98 Å². The number of carbonyl (C=O) groups is 1. The number of rotatable bonds is 3. The molecule has 1 amide bonds. The molecule has 166 valence electrons. The lowest BCUT2D eigenvalue weighted by molar-refractivity contribution is 0.102. The second-order valence-corrected chi connectivity index (χ2v) is 8.85. The number of fused-ring (bicyclic) bond motifs is 2. The van der Waals surface area contributed by atoms with Gasteiger partial charge in [0, 0.05) is 55.7 Å². The summed E-state index contributed by atoms with van der Waals surface area (Å²) >= 11 is 0. The molecular formula is C23H28N8O. The SMILES string of the molecule is Cc1cn2cc(NC(=O)c3ccc(N4C[C@H](C)N[C@@H](C)C4)c4cn(C)nc34)nc2c(C)n1. The Morgan fingerprint density at radius 1 is 1.09 bits per heavy atom. The van der Waals surface area contributed by atoms with E-state index in [4.69, 9.17) is 0 Å². The molecule has 4 aromatic rings. The van der Waals surface area contributed by atoms with Crippen LogP contribution in [0.2, 0.25) is 0 Å². The van der Waals surface area contributed by atoms with E-state index < -0.39 is 0 Å². The molecule has 0 unspecified atom stereocenters. The number of amides is 1. The molecule has 1 saturated heterocycles. The summed E-state index contributed by atoms with van der Waals surface area (Å²) in [5.74, 6) is 0.261. The second kappa shape index (κ2) is 7.59. The predicted octanol–water partition coefficient (Wildman–Crippen LogP) is 2.67. The molecular weight excluding hydrogens is 404 g/mol. The highest BCUT2D eigenvalue weighted by molar-refractivity contribution is 6.13. The van der Waals surface area contributed by atoms with Gasteiger partial charge in [-0.15, -0.1) is 0 Å². The van der Waals surface area contributed by atoms with Crippen LogP contribution in [0.15, 0.2) is 30.7 Å². The topological polar surface area (TPSA) is 92.4 Å². The van der Waals surface area contributed by atoms with Crippen LogP contribution in [-0.4, -0.2) is 55.2 Å². The number of hydrogen-bond donors (Lipinski definition) is 2. The maximum absolute atomic E-state index is 13.2. The first-order chi connectivity index (χ1) is 15.3. The Balaban J connectivity index is 1.49. The molecule has 4 heterocycles. The van der Waals surface area contributed by atoms with Crippen molar-refractivity contribution in [2.75, 3.05) is 23.3 Å². The van der Waals surface area contributed by atoms with Crippen molar-refractivity contribution >= 4 is 34.0 Å². The lowest BCUT2D eigenvalue weighted by Crippen LogP contribution is -2.54. The van der Waals surface area contributed by atoms with Crippen molar-refractivity contribution in [1.29, 1.82) is 0 Å². The van der Waals surface area contributed by atoms with Crippen molar-refractivity contribution in [2.24, 2.45) is 7.05 Å². The summed E-state index contributed by atoms with van der Waals surface area (Å²) in [6.07, 6.45) is 5.69. The van der Waals surface area contributed by atoms with Gasteiger partial charge < -0.3 is 19.9 Å². The highest BCUT2D eigenvalue weighted by atomic mass is 16.1. The molecule has 5 rings (SSSR count). The smallest absolute Gasteiger partial charge is 0.259 e. The Bertz CT molecular complexity index is 1330. The summed E-state index contributed by atoms with van der Waals surface area (Å²) in [4.78, 5) is 24.6. The lowest BCUT2D eigenvalue weighted by Gasteiger charge is -2.38. The van der Waals surface area contributed by atoms with Crippen molar-refractivity contribution in [3.05, 3.63) is 47.7 Å². The largest absolute Gasteiger partial charge is 0.368 e. The van der Waals surface area contributed by atoms with Crippen molar-refractivity contribution in [2.45, 2.75) is 39.8 Å². The Morgan fingerprint density at radius 2 is 1.84 bits per heavy atom. The number of carbonyl (C=O) groups excluding carboxylic acids is 1. The molecule has 1 fully saturated rings. The first-order valence-electron chi connectivity index (χ1n) is 10.9. The summed E-state index contributed by atoms with van der Waals surface area (Å²) < 4.78 is 3.65. The first kappa shape index (κ1) is 20.4. The van der Waals surface area contributed by atoms with Gasteiger partial charge in [0.15, 0.2) is 11.5 Å². The average molecular weight is 433 g/mol. The van der Waals surface area contributed by atoms with E-state index in [1.165, 1.54) is 0 Å². The van der Waals surface area contributed by atoms with Gasteiger partial charge in [-0.2, -0.15) is 5.10 Å². The van der Waals surface area contributed by atoms with E-state index in [0.29, 0.717) is 29.0 Å². The molecule has 0 radical (unpaired) electrons. The van der Waals surface area contributed by atoms with Crippen LogP contribution in [0.25, 0.3) is 16.6 Å². The number of aryl methyl sites for hydroxylation is 3. The third-order valence-corrected chi connectivity index (χ3v) is 5.88. The number of imidazole rings is 1. The second-order valence-electron chi connectivity index (χ2n) is 8.85. The maximum Gasteiger partial charge on any atom is 0.259 e. The first-order valence-corrected chi connectivity index (χ1v) is 10.9. The summed E-state index contributed by atoms with van der Waals surface area (Å²) in [5, 5.41) is 12.1. The molecule has 0 bridgehead atoms. The van der Waals surface area contributed by atoms with Crippen LogP contribution in [-0.2, 0) is 7.05 Å². The molecule has 0 aliphatic carbocycles. The van der Waals surface area contributed by atoms with Crippen LogP contribution in [0.3, 0.4) is 0 Å². The van der Waals surface area contributed by atoms with E-state index in [1.807, 2.05) is 56.0 Å². The van der Waals surface area contributed by atoms with Gasteiger partial charge in [0.2, 0.25) is 0 Å². The minimum Gasteiger partial charge on any atom is -0.368 e. The van der Waals surface area contributed by atoms with Crippen molar-refractivity contribution in [3.63, 3.8) is 0 Å². The Morgan fingerprint density at radius 3 is 2.59 bits per heavy atom. The molecule has 1 aromatic carbocycles. The van der Waals surface area contributed by atoms with E-state index >= 15 is 0 Å². The molecule has 1 aliphatic heterocycles. The van der Waals surface area contributed by atoms with Gasteiger partial charge in [0.05, 0.1) is 23.1 Å². The molecule has 32 heavy (non-hydrogen) atoms. The number of aromatic nitrogens is 5. The van der Waals surface area contributed by atoms with Gasteiger partial charge >= 0.3 is 0 Å². The van der Waals surface area contributed by atoms with Crippen LogP contribution in [0.1, 0.15) is 35.6 Å². The Kier molecular flexibility index (Phi) is 4.85. The normalized spacial score (nSPS) is 19.1. The van der Waals surface area contributed by atoms with Crippen molar-refractivity contribution in [1.82, 2.24) is 29.5 Å². The van der Waals surface area contributed by atoms with Gasteiger partial charge in [-0.1, -0.05) is 0 Å². The van der Waals surface area contributed by atoms with E-state index in [0.717, 1.165) is 41.2 Å². The highest BCUT2D eigenvalue weighted by Gasteiger charge is 2.25. The van der Waals surface area contributed by atoms with Crippen LogP contribution in [0.5, 0.6) is 0 Å². The molecule has 3 aromatic heterocycles. The molecule has 9 nitrogen and oxygen atoms in total. The van der Waals surface area contributed by atoms with Crippen molar-refractivity contribution in [3.8, 4) is 0 Å². The fourth-order valence-corrected chi connectivity index (χ4v) is 4.74. The summed E-state index contributed by atoms with van der Waals surface area (Å²) in [6.45, 7) is 10.1. The maximum atomic E-state index is 13.2. The fourth-order valence-electron chi connectivity index (χ4n) is 4.74. The van der Waals surface area contributed by atoms with Crippen LogP contribution in [0, 0.1) is 13.8 Å². The monoisotopic (exact) mass is 432 g/mol. The summed E-state index contributed by atoms with van der Waals surface area (Å²) in [6, 6.07) is 4.68. The van der Waals surface area contributed by atoms with Crippen LogP contribution < -0.4 is 15.5 Å². The molecule has 0 saturated carbocycles. The number of benzene rings is 1. The minimum absolute atomic E-state index is 0.229. The zero-order valence-corrected chi connectivity index (χ0v) is 19.0. The van der Waals surface area contributed by atoms with E-state index in [2.05, 4.69) is 44.4 Å². The number of anilines is 2. The summed E-state index contributed by atoms with van der Waals surface area (Å²) in [5.41, 5.74) is 4.78. The van der Waals surface area contributed by atoms with Gasteiger partial charge in [0.1, 0.15) is 5.52 Å². The molecule has 2 N–H and O–H groups in total. The van der Waals surface area contributed by atoms with Gasteiger partial charge in [-0.3, -0.25) is 14.5 Å². The zero-order valence-electron chi connectivity index (χ0n) is 19.0. The molecule has 0 spiro atoms. The van der Waals surface area contributed by atoms with Gasteiger partial charge in [-0.05, 0) is 39.8 Å². The predicted molar refractivity (Wildman–Crippen MR) is 125 cm³/mol.